The van der Waals surface area contributed by atoms with Crippen molar-refractivity contribution in [3.05, 3.63) is 0 Å². The summed E-state index contributed by atoms with van der Waals surface area (Å²) in [6.45, 7) is 2.30. The predicted molar refractivity (Wildman–Crippen MR) is 65.9 cm³/mol. The summed E-state index contributed by atoms with van der Waals surface area (Å²) in [5.74, 6) is -1.88. The van der Waals surface area contributed by atoms with Crippen molar-refractivity contribution in [1.82, 2.24) is 5.32 Å². The molecule has 1 atom stereocenters. The van der Waals surface area contributed by atoms with Crippen LogP contribution in [0.15, 0.2) is 4.99 Å². The average molecular weight is 260 g/mol. The van der Waals surface area contributed by atoms with Gasteiger partial charge in [-0.15, -0.1) is 0 Å². The molecule has 0 aliphatic carbocycles. The maximum absolute atomic E-state index is 11.2. The van der Waals surface area contributed by atoms with Gasteiger partial charge >= 0.3 is 5.97 Å². The number of guanidine groups is 1. The molecule has 0 radical (unpaired) electrons. The molecule has 0 aliphatic heterocycles. The molecule has 18 heavy (non-hydrogen) atoms. The van der Waals surface area contributed by atoms with Gasteiger partial charge in [0.15, 0.2) is 5.96 Å². The molecule has 0 spiro atoms. The molecule has 6 N–H and O–H groups in total. The number of nitrogens with two attached hydrogens (primary N) is 2. The van der Waals surface area contributed by atoms with E-state index in [4.69, 9.17) is 21.3 Å². The van der Waals surface area contributed by atoms with Crippen LogP contribution in [0.3, 0.4) is 0 Å². The van der Waals surface area contributed by atoms with E-state index in [1.165, 1.54) is 6.92 Å². The minimum absolute atomic E-state index is 0.0235. The number of nitrogens with zero attached hydrogens (tertiary/aromatic N) is 1. The van der Waals surface area contributed by atoms with Crippen LogP contribution < -0.4 is 16.8 Å². The lowest BCUT2D eigenvalue weighted by Crippen LogP contribution is -2.34. The molecule has 0 aromatic rings. The van der Waals surface area contributed by atoms with Crippen LogP contribution in [0.25, 0.3) is 0 Å². The highest BCUT2D eigenvalue weighted by molar-refractivity contribution is 5.78. The minimum Gasteiger partial charge on any atom is -0.481 e. The summed E-state index contributed by atoms with van der Waals surface area (Å²) in [6.07, 6.45) is 0.608. The van der Waals surface area contributed by atoms with Crippen molar-refractivity contribution in [1.29, 1.82) is 0 Å². The molecule has 0 saturated heterocycles. The van der Waals surface area contributed by atoms with Crippen molar-refractivity contribution >= 4 is 17.8 Å². The van der Waals surface area contributed by atoms with E-state index in [9.17, 15) is 9.59 Å². The number of carbonyl (C=O) groups excluding carboxylic acids is 1. The summed E-state index contributed by atoms with van der Waals surface area (Å²) in [6, 6.07) is 0. The standard InChI is InChI=1S/C10H20N4O4/c1-7(9(16)17)5-14-8(15)6-18-4-2-3-13-10(11)12/h7H,2-6H2,1H3,(H,14,15)(H,16,17)(H4,11,12,13)/t7-/m0/s1. The second-order valence-corrected chi connectivity index (χ2v) is 3.76. The number of nitrogens with one attached hydrogen (secondary N) is 1. The van der Waals surface area contributed by atoms with Gasteiger partial charge in [0, 0.05) is 19.7 Å². The Kier molecular flexibility index (Phi) is 8.29. The number of amides is 1. The summed E-state index contributed by atoms with van der Waals surface area (Å²) >= 11 is 0. The summed E-state index contributed by atoms with van der Waals surface area (Å²) in [5, 5.41) is 11.1. The highest BCUT2D eigenvalue weighted by Crippen LogP contribution is 1.91. The Labute approximate surface area is 105 Å². The first-order valence-electron chi connectivity index (χ1n) is 5.56. The fourth-order valence-electron chi connectivity index (χ4n) is 0.945. The first kappa shape index (κ1) is 16.2. The van der Waals surface area contributed by atoms with E-state index in [0.717, 1.165) is 0 Å². The molecule has 0 aliphatic rings. The Hall–Kier alpha value is -1.83. The summed E-state index contributed by atoms with van der Waals surface area (Å²) < 4.78 is 5.06. The van der Waals surface area contributed by atoms with Gasteiger partial charge in [0.25, 0.3) is 0 Å². The van der Waals surface area contributed by atoms with Gasteiger partial charge in [-0.3, -0.25) is 14.6 Å². The molecule has 0 aromatic carbocycles. The highest BCUT2D eigenvalue weighted by atomic mass is 16.5. The Morgan fingerprint density at radius 3 is 2.67 bits per heavy atom. The number of carboxylic acid groups (broad SMARTS) is 1. The largest absolute Gasteiger partial charge is 0.481 e. The molecule has 0 heterocycles. The molecule has 0 unspecified atom stereocenters. The fourth-order valence-corrected chi connectivity index (χ4v) is 0.945. The first-order chi connectivity index (χ1) is 8.43. The zero-order valence-corrected chi connectivity index (χ0v) is 10.4. The van der Waals surface area contributed by atoms with Gasteiger partial charge < -0.3 is 26.6 Å². The predicted octanol–water partition coefficient (Wildman–Crippen LogP) is -1.50. The van der Waals surface area contributed by atoms with Crippen LogP contribution >= 0.6 is 0 Å². The van der Waals surface area contributed by atoms with Crippen molar-refractivity contribution < 1.29 is 19.4 Å². The van der Waals surface area contributed by atoms with Crippen LogP contribution in [0.1, 0.15) is 13.3 Å². The van der Waals surface area contributed by atoms with E-state index in [1.54, 1.807) is 0 Å². The Morgan fingerprint density at radius 2 is 2.11 bits per heavy atom. The monoisotopic (exact) mass is 260 g/mol. The molecular formula is C10H20N4O4. The van der Waals surface area contributed by atoms with Crippen LogP contribution in [0.5, 0.6) is 0 Å². The van der Waals surface area contributed by atoms with E-state index in [0.29, 0.717) is 19.6 Å². The molecule has 8 heteroatoms. The number of aliphatic carboxylic acids is 1. The smallest absolute Gasteiger partial charge is 0.308 e. The number of ether oxygens (including phenoxy) is 1. The van der Waals surface area contributed by atoms with Gasteiger partial charge in [0.05, 0.1) is 5.92 Å². The Balaban J connectivity index is 3.48. The number of carbonyl (C=O) groups is 2. The SMILES string of the molecule is C[C@@H](CNC(=O)COCCCN=C(N)N)C(=O)O. The van der Waals surface area contributed by atoms with E-state index in [2.05, 4.69) is 10.3 Å². The Bertz CT molecular complexity index is 302. The molecule has 1 amide bonds. The van der Waals surface area contributed by atoms with Crippen LogP contribution in [0, 0.1) is 5.92 Å². The maximum atomic E-state index is 11.2. The third-order valence-corrected chi connectivity index (χ3v) is 2.00. The lowest BCUT2D eigenvalue weighted by atomic mass is 10.2. The number of rotatable bonds is 9. The van der Waals surface area contributed by atoms with Crippen molar-refractivity contribution in [3.63, 3.8) is 0 Å². The van der Waals surface area contributed by atoms with Crippen LogP contribution in [0.2, 0.25) is 0 Å². The molecule has 0 saturated carbocycles. The highest BCUT2D eigenvalue weighted by Gasteiger charge is 2.11. The van der Waals surface area contributed by atoms with Gasteiger partial charge in [-0.2, -0.15) is 0 Å². The molecule has 104 valence electrons. The Morgan fingerprint density at radius 1 is 1.44 bits per heavy atom. The number of aliphatic imine (C=N–C) groups is 1. The molecule has 8 nitrogen and oxygen atoms in total. The lowest BCUT2D eigenvalue weighted by Gasteiger charge is -2.08. The second-order valence-electron chi connectivity index (χ2n) is 3.76. The molecule has 0 fully saturated rings. The minimum atomic E-state index is -0.951. The topological polar surface area (TPSA) is 140 Å². The van der Waals surface area contributed by atoms with Gasteiger partial charge in [0.2, 0.25) is 5.91 Å². The van der Waals surface area contributed by atoms with Crippen LogP contribution in [0.4, 0.5) is 0 Å². The van der Waals surface area contributed by atoms with E-state index >= 15 is 0 Å². The normalized spacial score (nSPS) is 11.6. The second kappa shape index (κ2) is 9.23. The molecule has 0 aromatic heterocycles. The molecule has 0 rings (SSSR count). The van der Waals surface area contributed by atoms with Crippen molar-refractivity contribution in [2.45, 2.75) is 13.3 Å². The zero-order valence-electron chi connectivity index (χ0n) is 10.4. The number of hydrogen-bond acceptors (Lipinski definition) is 4. The lowest BCUT2D eigenvalue weighted by molar-refractivity contribution is -0.141. The van der Waals surface area contributed by atoms with Crippen molar-refractivity contribution in [3.8, 4) is 0 Å². The van der Waals surface area contributed by atoms with Gasteiger partial charge in [-0.25, -0.2) is 0 Å². The van der Waals surface area contributed by atoms with E-state index in [-0.39, 0.29) is 25.0 Å². The average Bonchev–Trinajstić information content (AvgIpc) is 2.29. The summed E-state index contributed by atoms with van der Waals surface area (Å²) in [7, 11) is 0. The van der Waals surface area contributed by atoms with Crippen molar-refractivity contribution in [2.75, 3.05) is 26.3 Å². The molecular weight excluding hydrogens is 240 g/mol. The summed E-state index contributed by atoms with van der Waals surface area (Å²) in [5.41, 5.74) is 10.2. The zero-order chi connectivity index (χ0) is 14.0. The maximum Gasteiger partial charge on any atom is 0.308 e. The van der Waals surface area contributed by atoms with E-state index in [1.807, 2.05) is 0 Å². The van der Waals surface area contributed by atoms with Gasteiger partial charge in [0.1, 0.15) is 6.61 Å². The molecule has 0 bridgehead atoms. The fraction of sp³-hybridized carbons (Fsp3) is 0.700. The third-order valence-electron chi connectivity index (χ3n) is 2.00. The number of carboxylic acids is 1. The number of hydrogen-bond donors (Lipinski definition) is 4. The van der Waals surface area contributed by atoms with Crippen LogP contribution in [-0.2, 0) is 14.3 Å². The van der Waals surface area contributed by atoms with Gasteiger partial charge in [-0.1, -0.05) is 6.92 Å². The van der Waals surface area contributed by atoms with E-state index < -0.39 is 11.9 Å². The van der Waals surface area contributed by atoms with Gasteiger partial charge in [-0.05, 0) is 6.42 Å². The first-order valence-corrected chi connectivity index (χ1v) is 5.56. The summed E-state index contributed by atoms with van der Waals surface area (Å²) in [4.78, 5) is 25.4. The van der Waals surface area contributed by atoms with Crippen molar-refractivity contribution in [2.24, 2.45) is 22.4 Å². The third kappa shape index (κ3) is 9.40. The van der Waals surface area contributed by atoms with Crippen LogP contribution in [-0.4, -0.2) is 49.2 Å². The quantitative estimate of drug-likeness (QED) is 0.226.